The van der Waals surface area contributed by atoms with E-state index in [1.54, 1.807) is 6.33 Å². The first-order valence-electron chi connectivity index (χ1n) is 11.3. The standard InChI is InChI=1S/C21H38N8O/c1-5-19-25-24-16-28(19)7-6-23-21(22-4)27-10-8-26(9-11-27)15-20(30)29-13-17(2)12-18(3)14-29/h16-18H,5-15H2,1-4H3,(H,22,23). The van der Waals surface area contributed by atoms with E-state index in [2.05, 4.69) is 60.5 Å². The Kier molecular flexibility index (Phi) is 8.07. The van der Waals surface area contributed by atoms with Crippen LogP contribution >= 0.6 is 0 Å². The molecule has 30 heavy (non-hydrogen) atoms. The van der Waals surface area contributed by atoms with Gasteiger partial charge in [-0.15, -0.1) is 10.2 Å². The lowest BCUT2D eigenvalue weighted by Gasteiger charge is -2.39. The monoisotopic (exact) mass is 418 g/mol. The number of hydrogen-bond acceptors (Lipinski definition) is 5. The van der Waals surface area contributed by atoms with Crippen molar-refractivity contribution < 1.29 is 4.79 Å². The Hall–Kier alpha value is -2.16. The normalized spacial score (nSPS) is 23.7. The summed E-state index contributed by atoms with van der Waals surface area (Å²) in [5, 5.41) is 11.6. The van der Waals surface area contributed by atoms with E-state index < -0.39 is 0 Å². The highest BCUT2D eigenvalue weighted by atomic mass is 16.2. The molecule has 3 heterocycles. The van der Waals surface area contributed by atoms with Gasteiger partial charge in [0.05, 0.1) is 6.54 Å². The second kappa shape index (κ2) is 10.7. The fourth-order valence-electron chi connectivity index (χ4n) is 4.64. The van der Waals surface area contributed by atoms with Crippen LogP contribution in [0.1, 0.15) is 33.0 Å². The molecular weight excluding hydrogens is 380 g/mol. The average molecular weight is 419 g/mol. The molecule has 2 unspecified atom stereocenters. The van der Waals surface area contributed by atoms with Crippen LogP contribution in [0.2, 0.25) is 0 Å². The topological polar surface area (TPSA) is 81.9 Å². The number of nitrogens with one attached hydrogen (secondary N) is 1. The van der Waals surface area contributed by atoms with Gasteiger partial charge in [-0.2, -0.15) is 0 Å². The Bertz CT molecular complexity index is 700. The summed E-state index contributed by atoms with van der Waals surface area (Å²) in [5.41, 5.74) is 0. The molecule has 1 amide bonds. The van der Waals surface area contributed by atoms with Crippen LogP contribution in [0.3, 0.4) is 0 Å². The van der Waals surface area contributed by atoms with Crippen LogP contribution in [0.15, 0.2) is 11.3 Å². The van der Waals surface area contributed by atoms with E-state index in [1.807, 2.05) is 7.05 Å². The van der Waals surface area contributed by atoms with Gasteiger partial charge in [0.2, 0.25) is 5.91 Å². The molecule has 2 fully saturated rings. The second-order valence-electron chi connectivity index (χ2n) is 8.78. The summed E-state index contributed by atoms with van der Waals surface area (Å²) in [6.45, 7) is 14.1. The lowest BCUT2D eigenvalue weighted by atomic mass is 9.92. The number of guanidine groups is 1. The molecule has 9 nitrogen and oxygen atoms in total. The van der Waals surface area contributed by atoms with E-state index in [0.717, 1.165) is 70.6 Å². The molecule has 2 aliphatic rings. The number of piperazine rings is 1. The van der Waals surface area contributed by atoms with Gasteiger partial charge in [-0.05, 0) is 18.3 Å². The number of amides is 1. The predicted molar refractivity (Wildman–Crippen MR) is 118 cm³/mol. The van der Waals surface area contributed by atoms with Gasteiger partial charge in [-0.25, -0.2) is 0 Å². The van der Waals surface area contributed by atoms with Gasteiger partial charge in [-0.3, -0.25) is 14.7 Å². The number of nitrogens with zero attached hydrogens (tertiary/aromatic N) is 7. The largest absolute Gasteiger partial charge is 0.354 e. The lowest BCUT2D eigenvalue weighted by molar-refractivity contribution is -0.135. The van der Waals surface area contributed by atoms with Crippen molar-refractivity contribution in [1.29, 1.82) is 0 Å². The Balaban J connectivity index is 1.40. The van der Waals surface area contributed by atoms with Crippen molar-refractivity contribution in [2.75, 3.05) is 59.4 Å². The van der Waals surface area contributed by atoms with E-state index >= 15 is 0 Å². The van der Waals surface area contributed by atoms with Crippen LogP contribution in [0.4, 0.5) is 0 Å². The zero-order chi connectivity index (χ0) is 21.5. The number of likely N-dealkylation sites (tertiary alicyclic amines) is 1. The molecule has 1 N–H and O–H groups in total. The Morgan fingerprint density at radius 1 is 1.17 bits per heavy atom. The third-order valence-corrected chi connectivity index (χ3v) is 6.11. The van der Waals surface area contributed by atoms with Gasteiger partial charge in [0.25, 0.3) is 0 Å². The van der Waals surface area contributed by atoms with Crippen LogP contribution < -0.4 is 5.32 Å². The van der Waals surface area contributed by atoms with E-state index in [0.29, 0.717) is 18.4 Å². The van der Waals surface area contributed by atoms with Gasteiger partial charge in [0, 0.05) is 65.8 Å². The molecule has 0 bridgehead atoms. The molecule has 1 aromatic rings. The number of aliphatic imine (C=N–C) groups is 1. The first kappa shape index (κ1) is 22.5. The molecule has 0 radical (unpaired) electrons. The van der Waals surface area contributed by atoms with E-state index in [1.165, 1.54) is 6.42 Å². The van der Waals surface area contributed by atoms with Gasteiger partial charge >= 0.3 is 0 Å². The second-order valence-corrected chi connectivity index (χ2v) is 8.78. The number of hydrogen-bond donors (Lipinski definition) is 1. The quantitative estimate of drug-likeness (QED) is 0.536. The maximum Gasteiger partial charge on any atom is 0.236 e. The summed E-state index contributed by atoms with van der Waals surface area (Å²) in [4.78, 5) is 23.8. The first-order valence-corrected chi connectivity index (χ1v) is 11.3. The van der Waals surface area contributed by atoms with E-state index in [9.17, 15) is 4.79 Å². The Morgan fingerprint density at radius 3 is 2.50 bits per heavy atom. The lowest BCUT2D eigenvalue weighted by Crippen LogP contribution is -2.55. The highest BCUT2D eigenvalue weighted by molar-refractivity contribution is 5.80. The van der Waals surface area contributed by atoms with E-state index in [-0.39, 0.29) is 5.91 Å². The first-order chi connectivity index (χ1) is 14.5. The Labute approximate surface area is 180 Å². The maximum atomic E-state index is 12.8. The third-order valence-electron chi connectivity index (χ3n) is 6.11. The molecule has 0 aliphatic carbocycles. The maximum absolute atomic E-state index is 12.8. The number of aryl methyl sites for hydroxylation is 1. The summed E-state index contributed by atoms with van der Waals surface area (Å²) in [5.74, 6) is 3.42. The van der Waals surface area contributed by atoms with Crippen LogP contribution in [-0.2, 0) is 17.8 Å². The summed E-state index contributed by atoms with van der Waals surface area (Å²) < 4.78 is 2.08. The van der Waals surface area contributed by atoms with Crippen molar-refractivity contribution in [2.24, 2.45) is 16.8 Å². The third kappa shape index (κ3) is 5.93. The van der Waals surface area contributed by atoms with Crippen molar-refractivity contribution in [3.8, 4) is 0 Å². The highest BCUT2D eigenvalue weighted by Gasteiger charge is 2.28. The minimum absolute atomic E-state index is 0.282. The van der Waals surface area contributed by atoms with Crippen molar-refractivity contribution in [2.45, 2.75) is 40.2 Å². The molecule has 1 aromatic heterocycles. The number of carbonyl (C=O) groups is 1. The van der Waals surface area contributed by atoms with Gasteiger partial charge in [0.15, 0.2) is 5.96 Å². The molecule has 168 valence electrons. The van der Waals surface area contributed by atoms with Crippen LogP contribution in [0.25, 0.3) is 0 Å². The fourth-order valence-corrected chi connectivity index (χ4v) is 4.64. The summed E-state index contributed by atoms with van der Waals surface area (Å²) in [6.07, 6.45) is 3.89. The molecule has 0 saturated carbocycles. The van der Waals surface area contributed by atoms with E-state index in [4.69, 9.17) is 0 Å². The van der Waals surface area contributed by atoms with Gasteiger partial charge < -0.3 is 19.7 Å². The zero-order valence-electron chi connectivity index (χ0n) is 19.0. The van der Waals surface area contributed by atoms with Crippen LogP contribution in [0.5, 0.6) is 0 Å². The molecule has 9 heteroatoms. The predicted octanol–water partition coefficient (Wildman–Crippen LogP) is 0.538. The van der Waals surface area contributed by atoms with Crippen molar-refractivity contribution in [1.82, 2.24) is 34.8 Å². The molecule has 0 spiro atoms. The molecular formula is C21H38N8O. The van der Waals surface area contributed by atoms with Gasteiger partial charge in [-0.1, -0.05) is 20.8 Å². The zero-order valence-corrected chi connectivity index (χ0v) is 19.0. The van der Waals surface area contributed by atoms with Crippen molar-refractivity contribution >= 4 is 11.9 Å². The Morgan fingerprint density at radius 2 is 1.87 bits per heavy atom. The van der Waals surface area contributed by atoms with Crippen molar-refractivity contribution in [3.63, 3.8) is 0 Å². The fraction of sp³-hybridized carbons (Fsp3) is 0.810. The van der Waals surface area contributed by atoms with Crippen LogP contribution in [-0.4, -0.2) is 101 Å². The minimum Gasteiger partial charge on any atom is -0.354 e. The molecule has 2 saturated heterocycles. The number of piperidine rings is 1. The molecule has 3 rings (SSSR count). The average Bonchev–Trinajstić information content (AvgIpc) is 3.19. The number of carbonyl (C=O) groups excluding carboxylic acids is 1. The number of aromatic nitrogens is 3. The number of rotatable bonds is 6. The smallest absolute Gasteiger partial charge is 0.236 e. The highest BCUT2D eigenvalue weighted by Crippen LogP contribution is 2.21. The molecule has 2 atom stereocenters. The SMILES string of the molecule is CCc1nncn1CCNC(=NC)N1CCN(CC(=O)N2CC(C)CC(C)C2)CC1. The van der Waals surface area contributed by atoms with Crippen molar-refractivity contribution in [3.05, 3.63) is 12.2 Å². The molecule has 2 aliphatic heterocycles. The summed E-state index contributed by atoms with van der Waals surface area (Å²) in [7, 11) is 1.83. The van der Waals surface area contributed by atoms with Gasteiger partial charge in [0.1, 0.15) is 12.2 Å². The summed E-state index contributed by atoms with van der Waals surface area (Å²) in [6, 6.07) is 0. The molecule has 0 aromatic carbocycles. The minimum atomic E-state index is 0.282. The van der Waals surface area contributed by atoms with Crippen LogP contribution in [0, 0.1) is 11.8 Å². The summed E-state index contributed by atoms with van der Waals surface area (Å²) >= 11 is 0.